The lowest BCUT2D eigenvalue weighted by Gasteiger charge is -2.11. The highest BCUT2D eigenvalue weighted by Gasteiger charge is 2.16. The van der Waals surface area contributed by atoms with Gasteiger partial charge in [0, 0.05) is 9.58 Å². The lowest BCUT2D eigenvalue weighted by atomic mass is 9.94. The largest absolute Gasteiger partial charge is 0.140 e. The summed E-state index contributed by atoms with van der Waals surface area (Å²) in [6.45, 7) is 4.46. The molecule has 0 saturated heterocycles. The molecule has 1 aromatic heterocycles. The lowest BCUT2D eigenvalue weighted by molar-refractivity contribution is 0.700. The first-order valence-corrected chi connectivity index (χ1v) is 6.59. The van der Waals surface area contributed by atoms with E-state index in [4.69, 9.17) is 0 Å². The van der Waals surface area contributed by atoms with Crippen LogP contribution in [-0.2, 0) is 12.8 Å². The van der Waals surface area contributed by atoms with E-state index in [0.717, 1.165) is 0 Å². The topological polar surface area (TPSA) is 0 Å². The summed E-state index contributed by atoms with van der Waals surface area (Å²) in [5, 5.41) is 1.57. The maximum Gasteiger partial charge on any atom is 0.0353 e. The van der Waals surface area contributed by atoms with Crippen molar-refractivity contribution in [3.05, 3.63) is 33.7 Å². The van der Waals surface area contributed by atoms with Crippen molar-refractivity contribution in [1.29, 1.82) is 0 Å². The van der Waals surface area contributed by atoms with Gasteiger partial charge in [0.25, 0.3) is 0 Å². The van der Waals surface area contributed by atoms with Crippen molar-refractivity contribution in [2.75, 3.05) is 0 Å². The third kappa shape index (κ3) is 1.41. The Kier molecular flexibility index (Phi) is 2.10. The van der Waals surface area contributed by atoms with Gasteiger partial charge in [-0.2, -0.15) is 0 Å². The average molecular weight is 216 g/mol. The number of benzene rings is 1. The van der Waals surface area contributed by atoms with Gasteiger partial charge < -0.3 is 0 Å². The molecule has 0 saturated carbocycles. The summed E-state index contributed by atoms with van der Waals surface area (Å²) in [7, 11) is 0. The third-order valence-electron chi connectivity index (χ3n) is 3.40. The highest BCUT2D eigenvalue weighted by atomic mass is 32.1. The van der Waals surface area contributed by atoms with Gasteiger partial charge in [0.15, 0.2) is 0 Å². The van der Waals surface area contributed by atoms with Crippen LogP contribution >= 0.6 is 11.3 Å². The maximum atomic E-state index is 2.35. The van der Waals surface area contributed by atoms with Gasteiger partial charge in [0.2, 0.25) is 0 Å². The molecule has 0 bridgehead atoms. The summed E-state index contributed by atoms with van der Waals surface area (Å²) in [5.74, 6) is 0. The molecule has 0 atom stereocenters. The maximum absolute atomic E-state index is 2.35. The Morgan fingerprint density at radius 1 is 1.07 bits per heavy atom. The molecule has 0 nitrogen and oxygen atoms in total. The molecule has 0 N–H and O–H groups in total. The fraction of sp³-hybridized carbons (Fsp3) is 0.429. The fourth-order valence-electron chi connectivity index (χ4n) is 2.78. The van der Waals surface area contributed by atoms with Crippen molar-refractivity contribution in [2.24, 2.45) is 0 Å². The van der Waals surface area contributed by atoms with Crippen molar-refractivity contribution in [1.82, 2.24) is 0 Å². The molecule has 0 radical (unpaired) electrons. The number of aryl methyl sites for hydroxylation is 4. The Morgan fingerprint density at radius 3 is 2.73 bits per heavy atom. The van der Waals surface area contributed by atoms with Gasteiger partial charge in [-0.3, -0.25) is 0 Å². The van der Waals surface area contributed by atoms with Crippen molar-refractivity contribution >= 4 is 21.4 Å². The Morgan fingerprint density at radius 2 is 1.87 bits per heavy atom. The summed E-state index contributed by atoms with van der Waals surface area (Å²) in [5.41, 5.74) is 4.54. The number of hydrogen-bond acceptors (Lipinski definition) is 1. The monoisotopic (exact) mass is 216 g/mol. The molecular formula is C14H16S. The first kappa shape index (κ1) is 9.41. The van der Waals surface area contributed by atoms with E-state index in [1.165, 1.54) is 41.5 Å². The van der Waals surface area contributed by atoms with Gasteiger partial charge in [-0.25, -0.2) is 0 Å². The summed E-state index contributed by atoms with van der Waals surface area (Å²) < 4.78 is 1.51. The van der Waals surface area contributed by atoms with Crippen LogP contribution in [0.15, 0.2) is 12.1 Å². The van der Waals surface area contributed by atoms with Crippen LogP contribution in [0.1, 0.15) is 34.4 Å². The predicted octanol–water partition coefficient (Wildman–Crippen LogP) is 4.40. The van der Waals surface area contributed by atoms with E-state index in [2.05, 4.69) is 26.0 Å². The normalized spacial score (nSPS) is 15.6. The molecule has 3 rings (SSSR count). The van der Waals surface area contributed by atoms with Gasteiger partial charge >= 0.3 is 0 Å². The quantitative estimate of drug-likeness (QED) is 0.612. The van der Waals surface area contributed by atoms with E-state index in [1.54, 1.807) is 15.8 Å². The summed E-state index contributed by atoms with van der Waals surface area (Å²) in [4.78, 5) is 1.66. The van der Waals surface area contributed by atoms with Gasteiger partial charge in [-0.1, -0.05) is 6.07 Å². The first-order valence-electron chi connectivity index (χ1n) is 5.77. The van der Waals surface area contributed by atoms with Crippen LogP contribution < -0.4 is 0 Å². The summed E-state index contributed by atoms with van der Waals surface area (Å²) in [6, 6.07) is 4.68. The highest BCUT2D eigenvalue weighted by Crippen LogP contribution is 2.38. The van der Waals surface area contributed by atoms with Crippen LogP contribution in [0.25, 0.3) is 10.1 Å². The average Bonchev–Trinajstić information content (AvgIpc) is 2.54. The van der Waals surface area contributed by atoms with E-state index >= 15 is 0 Å². The Balaban J connectivity index is 2.37. The SMILES string of the molecule is Cc1cc(C)c2c3c(sc2c1)CCCC3. The standard InChI is InChI=1S/C14H16S/c1-9-7-10(2)14-11-5-3-4-6-12(11)15-13(14)8-9/h7-8H,3-6H2,1-2H3. The molecular weight excluding hydrogens is 200 g/mol. The zero-order chi connectivity index (χ0) is 10.4. The fourth-order valence-corrected chi connectivity index (χ4v) is 4.25. The number of thiophene rings is 1. The first-order chi connectivity index (χ1) is 7.25. The summed E-state index contributed by atoms with van der Waals surface area (Å²) >= 11 is 2.03. The molecule has 1 aliphatic rings. The molecule has 0 aliphatic heterocycles. The van der Waals surface area contributed by atoms with Crippen LogP contribution in [0, 0.1) is 13.8 Å². The predicted molar refractivity (Wildman–Crippen MR) is 67.9 cm³/mol. The molecule has 0 fully saturated rings. The molecule has 0 amide bonds. The second-order valence-corrected chi connectivity index (χ2v) is 5.80. The zero-order valence-electron chi connectivity index (χ0n) is 9.39. The second kappa shape index (κ2) is 3.34. The molecule has 1 aromatic carbocycles. The van der Waals surface area contributed by atoms with Crippen LogP contribution in [0.5, 0.6) is 0 Å². The van der Waals surface area contributed by atoms with Crippen LogP contribution in [0.3, 0.4) is 0 Å². The molecule has 78 valence electrons. The van der Waals surface area contributed by atoms with E-state index in [-0.39, 0.29) is 0 Å². The van der Waals surface area contributed by atoms with E-state index in [9.17, 15) is 0 Å². The van der Waals surface area contributed by atoms with E-state index < -0.39 is 0 Å². The van der Waals surface area contributed by atoms with Gasteiger partial charge in [-0.15, -0.1) is 11.3 Å². The number of rotatable bonds is 0. The smallest absolute Gasteiger partial charge is 0.0353 e. The number of fused-ring (bicyclic) bond motifs is 3. The Bertz CT molecular complexity index is 520. The number of hydrogen-bond donors (Lipinski definition) is 0. The van der Waals surface area contributed by atoms with E-state index in [0.29, 0.717) is 0 Å². The Hall–Kier alpha value is -0.820. The third-order valence-corrected chi connectivity index (χ3v) is 4.63. The van der Waals surface area contributed by atoms with Gasteiger partial charge in [0.05, 0.1) is 0 Å². The molecule has 1 heteroatoms. The molecule has 1 aliphatic carbocycles. The molecule has 0 spiro atoms. The minimum atomic E-state index is 1.30. The summed E-state index contributed by atoms with van der Waals surface area (Å²) in [6.07, 6.45) is 5.39. The van der Waals surface area contributed by atoms with Crippen LogP contribution in [-0.4, -0.2) is 0 Å². The second-order valence-electron chi connectivity index (χ2n) is 4.67. The lowest BCUT2D eigenvalue weighted by Crippen LogP contribution is -1.98. The van der Waals surface area contributed by atoms with Crippen molar-refractivity contribution in [2.45, 2.75) is 39.5 Å². The van der Waals surface area contributed by atoms with Crippen molar-refractivity contribution < 1.29 is 0 Å². The van der Waals surface area contributed by atoms with E-state index in [1.807, 2.05) is 11.3 Å². The van der Waals surface area contributed by atoms with Gasteiger partial charge in [-0.05, 0) is 67.7 Å². The minimum Gasteiger partial charge on any atom is -0.140 e. The molecule has 15 heavy (non-hydrogen) atoms. The van der Waals surface area contributed by atoms with Gasteiger partial charge in [0.1, 0.15) is 0 Å². The molecule has 1 heterocycles. The van der Waals surface area contributed by atoms with Crippen molar-refractivity contribution in [3.8, 4) is 0 Å². The Labute approximate surface area is 94.9 Å². The highest BCUT2D eigenvalue weighted by molar-refractivity contribution is 7.19. The zero-order valence-corrected chi connectivity index (χ0v) is 10.2. The minimum absolute atomic E-state index is 1.30. The van der Waals surface area contributed by atoms with Crippen LogP contribution in [0.2, 0.25) is 0 Å². The molecule has 0 unspecified atom stereocenters. The van der Waals surface area contributed by atoms with Crippen molar-refractivity contribution in [3.63, 3.8) is 0 Å². The van der Waals surface area contributed by atoms with Crippen LogP contribution in [0.4, 0.5) is 0 Å². The molecule has 2 aromatic rings.